The van der Waals surface area contributed by atoms with Crippen LogP contribution in [0.15, 0.2) is 18.2 Å². The Morgan fingerprint density at radius 2 is 2.04 bits per heavy atom. The van der Waals surface area contributed by atoms with E-state index < -0.39 is 0 Å². The standard InChI is InChI=1S/C21H33NO/c1-16(2)15-23-20-10-7-8-17-11-12-18(21(17)20)14-19-9-5-4-6-13-22(19)3/h7-8,10,16,18-19H,4-6,9,11-15H2,1-3H3/t18-,19+/m0/s1. The van der Waals surface area contributed by atoms with Gasteiger partial charge in [-0.2, -0.15) is 0 Å². The molecule has 0 N–H and O–H groups in total. The van der Waals surface area contributed by atoms with Gasteiger partial charge in [-0.1, -0.05) is 38.8 Å². The van der Waals surface area contributed by atoms with Crippen molar-refractivity contribution >= 4 is 0 Å². The molecule has 1 aliphatic carbocycles. The Morgan fingerprint density at radius 3 is 2.87 bits per heavy atom. The summed E-state index contributed by atoms with van der Waals surface area (Å²) in [4.78, 5) is 2.61. The van der Waals surface area contributed by atoms with Crippen LogP contribution in [-0.4, -0.2) is 31.1 Å². The fourth-order valence-electron chi connectivity index (χ4n) is 4.31. The van der Waals surface area contributed by atoms with Crippen LogP contribution in [0.5, 0.6) is 5.75 Å². The van der Waals surface area contributed by atoms with E-state index in [0.717, 1.165) is 18.4 Å². The van der Waals surface area contributed by atoms with Gasteiger partial charge in [0.05, 0.1) is 6.61 Å². The lowest BCUT2D eigenvalue weighted by Crippen LogP contribution is -2.32. The van der Waals surface area contributed by atoms with Gasteiger partial charge in [0.15, 0.2) is 0 Å². The molecule has 1 heterocycles. The average molecular weight is 316 g/mol. The van der Waals surface area contributed by atoms with E-state index in [4.69, 9.17) is 4.74 Å². The highest BCUT2D eigenvalue weighted by Gasteiger charge is 2.30. The van der Waals surface area contributed by atoms with Crippen molar-refractivity contribution in [1.82, 2.24) is 4.90 Å². The molecule has 2 nitrogen and oxygen atoms in total. The molecule has 2 atom stereocenters. The van der Waals surface area contributed by atoms with E-state index in [-0.39, 0.29) is 0 Å². The van der Waals surface area contributed by atoms with E-state index in [1.807, 2.05) is 0 Å². The second kappa shape index (κ2) is 7.70. The fourth-order valence-corrected chi connectivity index (χ4v) is 4.31. The van der Waals surface area contributed by atoms with Gasteiger partial charge in [-0.05, 0) is 69.2 Å². The smallest absolute Gasteiger partial charge is 0.123 e. The molecule has 1 fully saturated rings. The first-order chi connectivity index (χ1) is 11.1. The maximum atomic E-state index is 6.17. The summed E-state index contributed by atoms with van der Waals surface area (Å²) in [6, 6.07) is 7.44. The Bertz CT molecular complexity index is 511. The van der Waals surface area contributed by atoms with Crippen molar-refractivity contribution in [2.45, 2.75) is 70.8 Å². The van der Waals surface area contributed by atoms with Crippen LogP contribution < -0.4 is 4.74 Å². The molecule has 23 heavy (non-hydrogen) atoms. The van der Waals surface area contributed by atoms with E-state index in [0.29, 0.717) is 11.8 Å². The van der Waals surface area contributed by atoms with E-state index >= 15 is 0 Å². The minimum Gasteiger partial charge on any atom is -0.493 e. The molecular formula is C21H33NO. The number of nitrogens with zero attached hydrogens (tertiary/aromatic N) is 1. The summed E-state index contributed by atoms with van der Waals surface area (Å²) < 4.78 is 6.17. The van der Waals surface area contributed by atoms with E-state index in [1.54, 1.807) is 0 Å². The van der Waals surface area contributed by atoms with Crippen molar-refractivity contribution < 1.29 is 4.74 Å². The Morgan fingerprint density at radius 1 is 1.17 bits per heavy atom. The Balaban J connectivity index is 1.74. The van der Waals surface area contributed by atoms with Crippen molar-refractivity contribution in [3.05, 3.63) is 29.3 Å². The minimum atomic E-state index is 0.582. The Kier molecular flexibility index (Phi) is 5.63. The third-order valence-corrected chi connectivity index (χ3v) is 5.63. The van der Waals surface area contributed by atoms with Crippen molar-refractivity contribution in [2.75, 3.05) is 20.2 Å². The fraction of sp³-hybridized carbons (Fsp3) is 0.714. The van der Waals surface area contributed by atoms with Gasteiger partial charge in [0.1, 0.15) is 5.75 Å². The van der Waals surface area contributed by atoms with Crippen molar-refractivity contribution in [3.63, 3.8) is 0 Å². The maximum Gasteiger partial charge on any atom is 0.123 e. The number of hydrogen-bond donors (Lipinski definition) is 0. The topological polar surface area (TPSA) is 12.5 Å². The lowest BCUT2D eigenvalue weighted by molar-refractivity contribution is 0.220. The molecule has 1 aromatic carbocycles. The summed E-state index contributed by atoms with van der Waals surface area (Å²) in [5, 5.41) is 0. The van der Waals surface area contributed by atoms with Gasteiger partial charge in [0.25, 0.3) is 0 Å². The van der Waals surface area contributed by atoms with Crippen molar-refractivity contribution in [3.8, 4) is 5.75 Å². The van der Waals surface area contributed by atoms with Crippen LogP contribution in [-0.2, 0) is 6.42 Å². The van der Waals surface area contributed by atoms with Crippen LogP contribution in [0.25, 0.3) is 0 Å². The van der Waals surface area contributed by atoms with Crippen LogP contribution in [0.4, 0.5) is 0 Å². The zero-order chi connectivity index (χ0) is 16.2. The molecule has 1 aliphatic heterocycles. The number of aryl methyl sites for hydroxylation is 1. The van der Waals surface area contributed by atoms with E-state index in [1.165, 1.54) is 62.6 Å². The summed E-state index contributed by atoms with van der Waals surface area (Å²) in [6.07, 6.45) is 9.40. The van der Waals surface area contributed by atoms with E-state index in [9.17, 15) is 0 Å². The second-order valence-corrected chi connectivity index (χ2v) is 7.99. The summed E-state index contributed by atoms with van der Waals surface area (Å²) in [5.74, 6) is 2.44. The average Bonchev–Trinajstić information content (AvgIpc) is 2.83. The number of likely N-dealkylation sites (tertiary alicyclic amines) is 1. The first kappa shape index (κ1) is 16.8. The molecule has 1 aromatic rings. The van der Waals surface area contributed by atoms with Crippen LogP contribution >= 0.6 is 0 Å². The van der Waals surface area contributed by atoms with Crippen molar-refractivity contribution in [1.29, 1.82) is 0 Å². The molecule has 2 heteroatoms. The zero-order valence-corrected chi connectivity index (χ0v) is 15.2. The number of fused-ring (bicyclic) bond motifs is 1. The normalized spacial score (nSPS) is 25.4. The molecule has 0 aromatic heterocycles. The summed E-state index contributed by atoms with van der Waals surface area (Å²) >= 11 is 0. The molecule has 3 rings (SSSR count). The highest BCUT2D eigenvalue weighted by atomic mass is 16.5. The van der Waals surface area contributed by atoms with Gasteiger partial charge in [-0.3, -0.25) is 0 Å². The largest absolute Gasteiger partial charge is 0.493 e. The molecule has 0 unspecified atom stereocenters. The molecule has 0 radical (unpaired) electrons. The van der Waals surface area contributed by atoms with E-state index in [2.05, 4.69) is 44.0 Å². The quantitative estimate of drug-likeness (QED) is 0.757. The monoisotopic (exact) mass is 315 g/mol. The maximum absolute atomic E-state index is 6.17. The minimum absolute atomic E-state index is 0.582. The van der Waals surface area contributed by atoms with Gasteiger partial charge in [-0.25, -0.2) is 0 Å². The molecule has 2 aliphatic rings. The van der Waals surface area contributed by atoms with Crippen LogP contribution in [0.1, 0.15) is 69.4 Å². The Hall–Kier alpha value is -1.02. The van der Waals surface area contributed by atoms with Gasteiger partial charge >= 0.3 is 0 Å². The summed E-state index contributed by atoms with van der Waals surface area (Å²) in [5.41, 5.74) is 3.07. The molecular weight excluding hydrogens is 282 g/mol. The van der Waals surface area contributed by atoms with Gasteiger partial charge < -0.3 is 9.64 Å². The number of ether oxygens (including phenoxy) is 1. The summed E-state index contributed by atoms with van der Waals surface area (Å²) in [7, 11) is 2.33. The van der Waals surface area contributed by atoms with Crippen molar-refractivity contribution in [2.24, 2.45) is 5.92 Å². The zero-order valence-electron chi connectivity index (χ0n) is 15.2. The van der Waals surface area contributed by atoms with Crippen LogP contribution in [0, 0.1) is 5.92 Å². The van der Waals surface area contributed by atoms with Crippen LogP contribution in [0.3, 0.4) is 0 Å². The third kappa shape index (κ3) is 4.09. The van der Waals surface area contributed by atoms with Gasteiger partial charge in [0, 0.05) is 11.6 Å². The number of hydrogen-bond acceptors (Lipinski definition) is 2. The molecule has 0 bridgehead atoms. The summed E-state index contributed by atoms with van der Waals surface area (Å²) in [6.45, 7) is 6.55. The van der Waals surface area contributed by atoms with Gasteiger partial charge in [0.2, 0.25) is 0 Å². The molecule has 1 saturated heterocycles. The predicted molar refractivity (Wildman–Crippen MR) is 97.3 cm³/mol. The molecule has 128 valence electrons. The SMILES string of the molecule is CC(C)COc1cccc2c1[C@H](C[C@H]1CCCCCN1C)CC2. The van der Waals surface area contributed by atoms with Gasteiger partial charge in [-0.15, -0.1) is 0 Å². The lowest BCUT2D eigenvalue weighted by Gasteiger charge is -2.29. The Labute approximate surface area is 142 Å². The first-order valence-electron chi connectivity index (χ1n) is 9.60. The predicted octanol–water partition coefficient (Wildman–Crippen LogP) is 5.02. The second-order valence-electron chi connectivity index (χ2n) is 7.99. The highest BCUT2D eigenvalue weighted by Crippen LogP contribution is 2.43. The molecule has 0 saturated carbocycles. The van der Waals surface area contributed by atoms with Crippen LogP contribution in [0.2, 0.25) is 0 Å². The highest BCUT2D eigenvalue weighted by molar-refractivity contribution is 5.46. The third-order valence-electron chi connectivity index (χ3n) is 5.63. The molecule has 0 amide bonds. The number of benzene rings is 1. The molecule has 0 spiro atoms. The lowest BCUT2D eigenvalue weighted by atomic mass is 9.91. The number of rotatable bonds is 5. The first-order valence-corrected chi connectivity index (χ1v) is 9.60.